The number of hydrogen-bond donors (Lipinski definition) is 0. The lowest BCUT2D eigenvalue weighted by molar-refractivity contribution is 0.108. The number of carbonyl (C=O) groups is 1. The van der Waals surface area contributed by atoms with E-state index in [1.165, 1.54) is 0 Å². The van der Waals surface area contributed by atoms with Gasteiger partial charge in [0.25, 0.3) is 5.24 Å². The fourth-order valence-electron chi connectivity index (χ4n) is 2.00. The van der Waals surface area contributed by atoms with Gasteiger partial charge in [0.05, 0.1) is 0 Å². The van der Waals surface area contributed by atoms with Crippen molar-refractivity contribution in [2.24, 2.45) is 0 Å². The molecule has 2 nitrogen and oxygen atoms in total. The van der Waals surface area contributed by atoms with Crippen LogP contribution in [-0.4, -0.2) is 22.8 Å². The molecule has 0 aliphatic carbocycles. The zero-order valence-electron chi connectivity index (χ0n) is 8.12. The number of halogens is 2. The first kappa shape index (κ1) is 10.9. The predicted molar refractivity (Wildman–Crippen MR) is 61.4 cm³/mol. The highest BCUT2D eigenvalue weighted by Crippen LogP contribution is 2.30. The van der Waals surface area contributed by atoms with E-state index in [1.807, 2.05) is 18.2 Å². The Morgan fingerprint density at radius 2 is 2.13 bits per heavy atom. The number of hydrogen-bond acceptors (Lipinski definition) is 2. The average Bonchev–Trinajstić information content (AvgIpc) is 2.65. The highest BCUT2D eigenvalue weighted by Gasteiger charge is 2.25. The van der Waals surface area contributed by atoms with Crippen LogP contribution in [0.25, 0.3) is 0 Å². The third-order valence-corrected chi connectivity index (χ3v) is 3.26. The van der Waals surface area contributed by atoms with Gasteiger partial charge in [0.2, 0.25) is 0 Å². The predicted octanol–water partition coefficient (Wildman–Crippen LogP) is 3.01. The first-order valence-electron chi connectivity index (χ1n) is 4.88. The van der Waals surface area contributed by atoms with Crippen molar-refractivity contribution in [3.8, 4) is 0 Å². The molecule has 1 saturated heterocycles. The highest BCUT2D eigenvalue weighted by atomic mass is 35.5. The molecule has 15 heavy (non-hydrogen) atoms. The minimum absolute atomic E-state index is 0.321. The van der Waals surface area contributed by atoms with E-state index < -0.39 is 5.24 Å². The zero-order chi connectivity index (χ0) is 10.8. The fourth-order valence-corrected chi connectivity index (χ4v) is 2.44. The van der Waals surface area contributed by atoms with Gasteiger partial charge in [-0.05, 0) is 47.3 Å². The topological polar surface area (TPSA) is 20.3 Å². The van der Waals surface area contributed by atoms with Crippen LogP contribution in [0.15, 0.2) is 24.3 Å². The van der Waals surface area contributed by atoms with Crippen molar-refractivity contribution in [1.29, 1.82) is 0 Å². The molecule has 80 valence electrons. The molecule has 2 rings (SSSR count). The van der Waals surface area contributed by atoms with Crippen LogP contribution in [-0.2, 0) is 0 Å². The van der Waals surface area contributed by atoms with Gasteiger partial charge in [-0.15, -0.1) is 0 Å². The molecule has 0 N–H and O–H groups in total. The van der Waals surface area contributed by atoms with Gasteiger partial charge in [0.1, 0.15) is 0 Å². The fraction of sp³-hybridized carbons (Fsp3) is 0.364. The summed E-state index contributed by atoms with van der Waals surface area (Å²) in [6, 6.07) is 7.47. The Morgan fingerprint density at radius 1 is 1.40 bits per heavy atom. The van der Waals surface area contributed by atoms with Gasteiger partial charge in [0, 0.05) is 18.7 Å². The van der Waals surface area contributed by atoms with Crippen LogP contribution in [0, 0.1) is 0 Å². The van der Waals surface area contributed by atoms with E-state index in [0.717, 1.165) is 25.1 Å². The van der Waals surface area contributed by atoms with E-state index in [2.05, 4.69) is 0 Å². The molecule has 4 heteroatoms. The van der Waals surface area contributed by atoms with Crippen molar-refractivity contribution >= 4 is 28.6 Å². The molecular formula is C11H11Cl2NO. The Morgan fingerprint density at radius 3 is 2.73 bits per heavy atom. The van der Waals surface area contributed by atoms with E-state index >= 15 is 0 Å². The summed E-state index contributed by atoms with van der Waals surface area (Å²) in [6.45, 7) is 1.64. The van der Waals surface area contributed by atoms with Gasteiger partial charge in [-0.25, -0.2) is 4.42 Å². The monoisotopic (exact) mass is 243 g/mol. The second kappa shape index (κ2) is 4.52. The van der Waals surface area contributed by atoms with Crippen molar-refractivity contribution < 1.29 is 4.79 Å². The summed E-state index contributed by atoms with van der Waals surface area (Å²) in [5.74, 6) is 0.321. The minimum Gasteiger partial charge on any atom is -0.276 e. The van der Waals surface area contributed by atoms with E-state index in [0.29, 0.717) is 11.5 Å². The van der Waals surface area contributed by atoms with E-state index in [4.69, 9.17) is 23.4 Å². The molecule has 1 heterocycles. The molecule has 1 aliphatic heterocycles. The maximum atomic E-state index is 11.2. The zero-order valence-corrected chi connectivity index (χ0v) is 9.63. The maximum Gasteiger partial charge on any atom is 0.252 e. The lowest BCUT2D eigenvalue weighted by atomic mass is 9.94. The molecule has 0 bridgehead atoms. The second-order valence-electron chi connectivity index (χ2n) is 3.72. The molecule has 1 atom stereocenters. The number of benzene rings is 1. The quantitative estimate of drug-likeness (QED) is 0.588. The molecule has 0 radical (unpaired) electrons. The standard InChI is InChI=1S/C11H11Cl2NO/c12-11(15)10-4-2-1-3-9(10)8-5-6-14(13)7-8/h1-4,8H,5-7H2. The van der Waals surface area contributed by atoms with Crippen molar-refractivity contribution in [2.75, 3.05) is 13.1 Å². The SMILES string of the molecule is O=C(Cl)c1ccccc1C1CCN(Cl)C1. The summed E-state index contributed by atoms with van der Waals surface area (Å²) in [5, 5.41) is -0.390. The second-order valence-corrected chi connectivity index (χ2v) is 4.54. The normalized spacial score (nSPS) is 21.9. The molecule has 0 amide bonds. The molecule has 1 aromatic rings. The maximum absolute atomic E-state index is 11.2. The van der Waals surface area contributed by atoms with Crippen LogP contribution in [0.4, 0.5) is 0 Å². The van der Waals surface area contributed by atoms with Gasteiger partial charge in [0.15, 0.2) is 0 Å². The minimum atomic E-state index is -0.390. The highest BCUT2D eigenvalue weighted by molar-refractivity contribution is 6.67. The summed E-state index contributed by atoms with van der Waals surface area (Å²) in [5.41, 5.74) is 1.62. The average molecular weight is 244 g/mol. The molecule has 0 saturated carbocycles. The Bertz CT molecular complexity index is 381. The van der Waals surface area contributed by atoms with Crippen LogP contribution in [0.3, 0.4) is 0 Å². The molecule has 1 unspecified atom stereocenters. The molecular weight excluding hydrogens is 233 g/mol. The molecule has 1 fully saturated rings. The third-order valence-electron chi connectivity index (χ3n) is 2.75. The van der Waals surface area contributed by atoms with E-state index in [9.17, 15) is 4.79 Å². The van der Waals surface area contributed by atoms with Crippen molar-refractivity contribution in [3.63, 3.8) is 0 Å². The van der Waals surface area contributed by atoms with E-state index in [-0.39, 0.29) is 0 Å². The summed E-state index contributed by atoms with van der Waals surface area (Å²) < 4.78 is 1.75. The van der Waals surface area contributed by atoms with Crippen LogP contribution in [0.1, 0.15) is 28.3 Å². The van der Waals surface area contributed by atoms with Crippen LogP contribution >= 0.6 is 23.4 Å². The van der Waals surface area contributed by atoms with Gasteiger partial charge < -0.3 is 0 Å². The summed E-state index contributed by atoms with van der Waals surface area (Å²) >= 11 is 11.4. The summed E-state index contributed by atoms with van der Waals surface area (Å²) in [7, 11) is 0. The van der Waals surface area contributed by atoms with Gasteiger partial charge in [-0.1, -0.05) is 18.2 Å². The lowest BCUT2D eigenvalue weighted by Crippen LogP contribution is -2.09. The Hall–Kier alpha value is -0.570. The van der Waals surface area contributed by atoms with Crippen LogP contribution < -0.4 is 0 Å². The molecule has 1 aliphatic rings. The van der Waals surface area contributed by atoms with Gasteiger partial charge >= 0.3 is 0 Å². The first-order valence-corrected chi connectivity index (χ1v) is 5.59. The van der Waals surface area contributed by atoms with Crippen LogP contribution in [0.5, 0.6) is 0 Å². The Labute approximate surface area is 98.9 Å². The smallest absolute Gasteiger partial charge is 0.252 e. The van der Waals surface area contributed by atoms with E-state index in [1.54, 1.807) is 10.5 Å². The van der Waals surface area contributed by atoms with Crippen molar-refractivity contribution in [1.82, 2.24) is 4.42 Å². The first-order chi connectivity index (χ1) is 7.18. The number of carbonyl (C=O) groups excluding carboxylic acids is 1. The largest absolute Gasteiger partial charge is 0.276 e. The summed E-state index contributed by atoms with van der Waals surface area (Å²) in [4.78, 5) is 11.2. The Balaban J connectivity index is 2.31. The molecule has 0 spiro atoms. The van der Waals surface area contributed by atoms with Crippen molar-refractivity contribution in [2.45, 2.75) is 12.3 Å². The lowest BCUT2D eigenvalue weighted by Gasteiger charge is -2.12. The van der Waals surface area contributed by atoms with Crippen LogP contribution in [0.2, 0.25) is 0 Å². The number of rotatable bonds is 2. The Kier molecular flexibility index (Phi) is 3.29. The molecule has 1 aromatic carbocycles. The number of nitrogens with zero attached hydrogens (tertiary/aromatic N) is 1. The molecule has 0 aromatic heterocycles. The third kappa shape index (κ3) is 2.33. The van der Waals surface area contributed by atoms with Gasteiger partial charge in [-0.2, -0.15) is 0 Å². The van der Waals surface area contributed by atoms with Gasteiger partial charge in [-0.3, -0.25) is 4.79 Å². The van der Waals surface area contributed by atoms with Crippen molar-refractivity contribution in [3.05, 3.63) is 35.4 Å². The summed E-state index contributed by atoms with van der Waals surface area (Å²) in [6.07, 6.45) is 0.977.